The second-order valence-corrected chi connectivity index (χ2v) is 7.73. The monoisotopic (exact) mass is 430 g/mol. The van der Waals surface area contributed by atoms with E-state index in [1.54, 1.807) is 0 Å². The zero-order valence-electron chi connectivity index (χ0n) is 16.4. The van der Waals surface area contributed by atoms with Crippen molar-refractivity contribution >= 4 is 42.3 Å². The lowest BCUT2D eigenvalue weighted by molar-refractivity contribution is -0.135. The van der Waals surface area contributed by atoms with E-state index in [4.69, 9.17) is 5.73 Å². The third-order valence-electron chi connectivity index (χ3n) is 5.74. The summed E-state index contributed by atoms with van der Waals surface area (Å²) in [5.74, 6) is -0.287. The lowest BCUT2D eigenvalue weighted by Crippen LogP contribution is -2.55. The van der Waals surface area contributed by atoms with Crippen LogP contribution in [0.2, 0.25) is 0 Å². The molecule has 8 heteroatoms. The van der Waals surface area contributed by atoms with Crippen LogP contribution in [0.5, 0.6) is 0 Å². The molecule has 158 valence electrons. The van der Waals surface area contributed by atoms with Gasteiger partial charge in [-0.05, 0) is 31.9 Å². The molecule has 2 aliphatic rings. The zero-order chi connectivity index (χ0) is 18.6. The van der Waals surface area contributed by atoms with Gasteiger partial charge in [0.15, 0.2) is 0 Å². The highest BCUT2D eigenvalue weighted by molar-refractivity contribution is 5.86. The average molecular weight is 431 g/mol. The van der Waals surface area contributed by atoms with Gasteiger partial charge in [-0.25, -0.2) is 0 Å². The van der Waals surface area contributed by atoms with Crippen LogP contribution >= 0.6 is 24.8 Å². The normalized spacial score (nSPS) is 24.6. The summed E-state index contributed by atoms with van der Waals surface area (Å²) in [4.78, 5) is 29.0. The molecular weight excluding hydrogens is 399 g/mol. The fourth-order valence-corrected chi connectivity index (χ4v) is 4.04. The maximum absolute atomic E-state index is 12.5. The molecule has 0 spiro atoms. The van der Waals surface area contributed by atoms with Gasteiger partial charge in [0.25, 0.3) is 0 Å². The molecule has 1 aliphatic carbocycles. The van der Waals surface area contributed by atoms with E-state index in [1.165, 1.54) is 5.69 Å². The largest absolute Gasteiger partial charge is 0.368 e. The topological polar surface area (TPSA) is 78.7 Å². The van der Waals surface area contributed by atoms with Crippen molar-refractivity contribution in [2.45, 2.75) is 38.1 Å². The number of nitrogens with two attached hydrogens (primary N) is 1. The smallest absolute Gasteiger partial charge is 0.242 e. The Kier molecular flexibility index (Phi) is 9.54. The molecule has 2 unspecified atom stereocenters. The highest BCUT2D eigenvalue weighted by atomic mass is 35.5. The number of carbonyl (C=O) groups is 2. The second kappa shape index (κ2) is 10.9. The van der Waals surface area contributed by atoms with Crippen LogP contribution in [0.15, 0.2) is 30.3 Å². The van der Waals surface area contributed by atoms with E-state index in [0.29, 0.717) is 13.1 Å². The number of nitrogens with zero attached hydrogens (tertiary/aromatic N) is 2. The van der Waals surface area contributed by atoms with Crippen molar-refractivity contribution in [2.75, 3.05) is 37.6 Å². The van der Waals surface area contributed by atoms with Crippen LogP contribution in [0.25, 0.3) is 0 Å². The van der Waals surface area contributed by atoms with Crippen LogP contribution in [0, 0.1) is 5.92 Å². The third-order valence-corrected chi connectivity index (χ3v) is 5.74. The molecule has 2 atom stereocenters. The third kappa shape index (κ3) is 6.00. The second-order valence-electron chi connectivity index (χ2n) is 7.73. The number of nitrogens with one attached hydrogen (secondary N) is 1. The van der Waals surface area contributed by atoms with Crippen molar-refractivity contribution in [1.29, 1.82) is 0 Å². The van der Waals surface area contributed by atoms with Crippen molar-refractivity contribution in [3.05, 3.63) is 30.3 Å². The molecule has 1 aromatic rings. The number of para-hydroxylation sites is 1. The highest BCUT2D eigenvalue weighted by Gasteiger charge is 2.37. The summed E-state index contributed by atoms with van der Waals surface area (Å²) in [5.41, 5.74) is 7.00. The predicted octanol–water partition coefficient (Wildman–Crippen LogP) is 2.20. The Hall–Kier alpha value is -1.50. The molecule has 0 aromatic heterocycles. The summed E-state index contributed by atoms with van der Waals surface area (Å²) in [6.45, 7) is 5.00. The fraction of sp³-hybridized carbons (Fsp3) is 0.600. The Morgan fingerprint density at radius 1 is 1.11 bits per heavy atom. The molecule has 1 aromatic carbocycles. The van der Waals surface area contributed by atoms with E-state index in [2.05, 4.69) is 22.3 Å². The maximum atomic E-state index is 12.5. The lowest BCUT2D eigenvalue weighted by Gasteiger charge is -2.38. The molecule has 2 fully saturated rings. The number of hydrogen-bond acceptors (Lipinski definition) is 4. The van der Waals surface area contributed by atoms with Crippen molar-refractivity contribution in [3.63, 3.8) is 0 Å². The van der Waals surface area contributed by atoms with E-state index in [-0.39, 0.29) is 49.1 Å². The highest BCUT2D eigenvalue weighted by Crippen LogP contribution is 2.31. The Morgan fingerprint density at radius 2 is 1.75 bits per heavy atom. The summed E-state index contributed by atoms with van der Waals surface area (Å²) in [7, 11) is 0. The first-order chi connectivity index (χ1) is 12.5. The molecule has 3 rings (SSSR count). The Balaban J connectivity index is 0.00000196. The van der Waals surface area contributed by atoms with E-state index < -0.39 is 5.54 Å². The Morgan fingerprint density at radius 3 is 2.36 bits per heavy atom. The fourth-order valence-electron chi connectivity index (χ4n) is 4.04. The Labute approximate surface area is 180 Å². The Bertz CT molecular complexity index is 634. The molecule has 1 heterocycles. The van der Waals surface area contributed by atoms with Crippen LogP contribution in [-0.4, -0.2) is 55.0 Å². The van der Waals surface area contributed by atoms with Crippen molar-refractivity contribution in [2.24, 2.45) is 11.7 Å². The van der Waals surface area contributed by atoms with Gasteiger partial charge in [0.1, 0.15) is 0 Å². The number of hydrogen-bond donors (Lipinski definition) is 2. The van der Waals surface area contributed by atoms with Gasteiger partial charge in [-0.3, -0.25) is 9.59 Å². The van der Waals surface area contributed by atoms with E-state index >= 15 is 0 Å². The van der Waals surface area contributed by atoms with Crippen LogP contribution in [0.3, 0.4) is 0 Å². The molecule has 6 nitrogen and oxygen atoms in total. The minimum absolute atomic E-state index is 0. The summed E-state index contributed by atoms with van der Waals surface area (Å²) < 4.78 is 0. The SMILES string of the molecule is CC1(N)CCCCC1C(=O)NCC(=O)N1CCN(c2ccccc2)CC1.Cl.Cl. The maximum Gasteiger partial charge on any atom is 0.242 e. The van der Waals surface area contributed by atoms with E-state index in [0.717, 1.165) is 38.8 Å². The van der Waals surface area contributed by atoms with Gasteiger partial charge < -0.3 is 20.9 Å². The molecule has 3 N–H and O–H groups in total. The van der Waals surface area contributed by atoms with Gasteiger partial charge in [-0.1, -0.05) is 31.0 Å². The number of anilines is 1. The summed E-state index contributed by atoms with van der Waals surface area (Å²) >= 11 is 0. The first-order valence-corrected chi connectivity index (χ1v) is 9.62. The van der Waals surface area contributed by atoms with Gasteiger partial charge >= 0.3 is 0 Å². The van der Waals surface area contributed by atoms with Crippen LogP contribution in [-0.2, 0) is 9.59 Å². The number of amides is 2. The van der Waals surface area contributed by atoms with Crippen LogP contribution in [0.1, 0.15) is 32.6 Å². The first-order valence-electron chi connectivity index (χ1n) is 9.62. The number of benzene rings is 1. The number of piperazine rings is 1. The molecular formula is C20H32Cl2N4O2. The van der Waals surface area contributed by atoms with Gasteiger partial charge in [-0.15, -0.1) is 24.8 Å². The van der Waals surface area contributed by atoms with Gasteiger partial charge in [0.05, 0.1) is 12.5 Å². The zero-order valence-corrected chi connectivity index (χ0v) is 18.1. The molecule has 1 saturated heterocycles. The van der Waals surface area contributed by atoms with Crippen molar-refractivity contribution < 1.29 is 9.59 Å². The van der Waals surface area contributed by atoms with Crippen molar-refractivity contribution in [1.82, 2.24) is 10.2 Å². The molecule has 0 radical (unpaired) electrons. The van der Waals surface area contributed by atoms with Crippen LogP contribution < -0.4 is 16.0 Å². The van der Waals surface area contributed by atoms with E-state index in [9.17, 15) is 9.59 Å². The van der Waals surface area contributed by atoms with Crippen molar-refractivity contribution in [3.8, 4) is 0 Å². The first kappa shape index (κ1) is 24.5. The number of halogens is 2. The molecule has 2 amide bonds. The predicted molar refractivity (Wildman–Crippen MR) is 117 cm³/mol. The van der Waals surface area contributed by atoms with Gasteiger partial charge in [0.2, 0.25) is 11.8 Å². The van der Waals surface area contributed by atoms with Crippen LogP contribution in [0.4, 0.5) is 5.69 Å². The number of rotatable bonds is 4. The standard InChI is InChI=1S/C20H30N4O2.2ClH/c1-20(21)10-6-5-9-17(20)19(26)22-15-18(25)24-13-11-23(12-14-24)16-7-3-2-4-8-16;;/h2-4,7-8,17H,5-6,9-15,21H2,1H3,(H,22,26);2*1H. The number of carbonyl (C=O) groups excluding carboxylic acids is 2. The summed E-state index contributed by atoms with van der Waals surface area (Å²) in [5, 5.41) is 2.82. The van der Waals surface area contributed by atoms with Gasteiger partial charge in [0, 0.05) is 37.4 Å². The van der Waals surface area contributed by atoms with E-state index in [1.807, 2.05) is 30.0 Å². The molecule has 1 aliphatic heterocycles. The van der Waals surface area contributed by atoms with Gasteiger partial charge in [-0.2, -0.15) is 0 Å². The minimum Gasteiger partial charge on any atom is -0.368 e. The molecule has 28 heavy (non-hydrogen) atoms. The molecule has 1 saturated carbocycles. The summed E-state index contributed by atoms with van der Waals surface area (Å²) in [6.07, 6.45) is 3.77. The summed E-state index contributed by atoms with van der Waals surface area (Å²) in [6, 6.07) is 10.2. The minimum atomic E-state index is -0.466. The average Bonchev–Trinajstić information content (AvgIpc) is 2.66. The molecule has 0 bridgehead atoms. The quantitative estimate of drug-likeness (QED) is 0.766. The lowest BCUT2D eigenvalue weighted by atomic mass is 9.74.